The maximum atomic E-state index is 12.2. The number of thioether (sulfide) groups is 1. The van der Waals surface area contributed by atoms with Gasteiger partial charge in [0, 0.05) is 11.4 Å². The summed E-state index contributed by atoms with van der Waals surface area (Å²) in [6, 6.07) is 9.20. The predicted octanol–water partition coefficient (Wildman–Crippen LogP) is 3.30. The number of anilines is 1. The second-order valence-electron chi connectivity index (χ2n) is 4.70. The number of aromatic nitrogens is 2. The van der Waals surface area contributed by atoms with E-state index in [9.17, 15) is 4.79 Å². The fourth-order valence-electron chi connectivity index (χ4n) is 1.77. The summed E-state index contributed by atoms with van der Waals surface area (Å²) in [5.74, 6) is 0.727. The fourth-order valence-corrected chi connectivity index (χ4v) is 2.65. The van der Waals surface area contributed by atoms with Crippen LogP contribution in [0.25, 0.3) is 0 Å². The number of hydrogen-bond acceptors (Lipinski definition) is 5. The number of amides is 1. The highest BCUT2D eigenvalue weighted by atomic mass is 32.2. The summed E-state index contributed by atoms with van der Waals surface area (Å²) in [6.45, 7) is 6.31. The van der Waals surface area contributed by atoms with Gasteiger partial charge in [0.15, 0.2) is 0 Å². The minimum atomic E-state index is -0.249. The average molecular weight is 317 g/mol. The minimum Gasteiger partial charge on any atom is -0.494 e. The highest BCUT2D eigenvalue weighted by Gasteiger charge is 2.15. The van der Waals surface area contributed by atoms with Crippen LogP contribution in [0.15, 0.2) is 41.7 Å². The van der Waals surface area contributed by atoms with Gasteiger partial charge in [-0.1, -0.05) is 11.8 Å². The molecule has 22 heavy (non-hydrogen) atoms. The lowest BCUT2D eigenvalue weighted by atomic mass is 10.3. The van der Waals surface area contributed by atoms with Crippen LogP contribution >= 0.6 is 11.8 Å². The van der Waals surface area contributed by atoms with E-state index in [1.165, 1.54) is 18.1 Å². The number of carbonyl (C=O) groups excluding carboxylic acids is 1. The number of benzene rings is 1. The van der Waals surface area contributed by atoms with Crippen LogP contribution < -0.4 is 10.1 Å². The van der Waals surface area contributed by atoms with Gasteiger partial charge in [-0.05, 0) is 51.1 Å². The van der Waals surface area contributed by atoms with Crippen molar-refractivity contribution >= 4 is 23.4 Å². The Morgan fingerprint density at radius 3 is 2.68 bits per heavy atom. The molecular formula is C16H19N3O2S. The number of ether oxygens (including phenoxy) is 1. The lowest BCUT2D eigenvalue weighted by Crippen LogP contribution is -2.22. The van der Waals surface area contributed by atoms with Crippen LogP contribution in [0.4, 0.5) is 5.69 Å². The molecule has 0 radical (unpaired) electrons. The maximum Gasteiger partial charge on any atom is 0.237 e. The molecule has 2 rings (SSSR count). The van der Waals surface area contributed by atoms with E-state index >= 15 is 0 Å². The van der Waals surface area contributed by atoms with E-state index in [0.29, 0.717) is 6.61 Å². The molecule has 5 nitrogen and oxygen atoms in total. The number of carbonyl (C=O) groups is 1. The summed E-state index contributed by atoms with van der Waals surface area (Å²) in [7, 11) is 0. The standard InChI is InChI=1S/C16H19N3O2S/c1-4-21-14-7-5-13(6-8-14)19-16(20)12(3)22-15-9-11(2)17-10-18-15/h5-10,12H,4H2,1-3H3,(H,19,20)/t12-/m0/s1. The summed E-state index contributed by atoms with van der Waals surface area (Å²) in [5.41, 5.74) is 1.64. The number of aryl methyl sites for hydroxylation is 1. The van der Waals surface area contributed by atoms with Crippen LogP contribution in [0.5, 0.6) is 5.75 Å². The van der Waals surface area contributed by atoms with E-state index in [1.807, 2.05) is 51.1 Å². The van der Waals surface area contributed by atoms with Crippen molar-refractivity contribution in [1.82, 2.24) is 9.97 Å². The Kier molecular flexibility index (Phi) is 5.77. The quantitative estimate of drug-likeness (QED) is 0.654. The Hall–Kier alpha value is -2.08. The highest BCUT2D eigenvalue weighted by Crippen LogP contribution is 2.23. The van der Waals surface area contributed by atoms with Crippen molar-refractivity contribution in [2.75, 3.05) is 11.9 Å². The molecule has 0 aliphatic carbocycles. The lowest BCUT2D eigenvalue weighted by Gasteiger charge is -2.12. The monoisotopic (exact) mass is 317 g/mol. The summed E-state index contributed by atoms with van der Waals surface area (Å²) in [6.07, 6.45) is 1.51. The average Bonchev–Trinajstić information content (AvgIpc) is 2.49. The second-order valence-corrected chi connectivity index (χ2v) is 6.07. The Labute approximate surface area is 134 Å². The summed E-state index contributed by atoms with van der Waals surface area (Å²) < 4.78 is 5.37. The Balaban J connectivity index is 1.93. The van der Waals surface area contributed by atoms with Gasteiger partial charge in [0.2, 0.25) is 5.91 Å². The molecule has 0 fully saturated rings. The molecule has 2 aromatic rings. The molecule has 1 atom stereocenters. The molecule has 0 saturated heterocycles. The predicted molar refractivity (Wildman–Crippen MR) is 88.3 cm³/mol. The molecule has 1 aromatic heterocycles. The Morgan fingerprint density at radius 1 is 1.32 bits per heavy atom. The third-order valence-electron chi connectivity index (χ3n) is 2.88. The minimum absolute atomic E-state index is 0.0644. The molecule has 0 unspecified atom stereocenters. The molecule has 6 heteroatoms. The van der Waals surface area contributed by atoms with Crippen LogP contribution in [-0.4, -0.2) is 27.7 Å². The molecule has 0 saturated carbocycles. The van der Waals surface area contributed by atoms with Gasteiger partial charge in [0.1, 0.15) is 17.1 Å². The van der Waals surface area contributed by atoms with Crippen molar-refractivity contribution in [2.24, 2.45) is 0 Å². The third kappa shape index (κ3) is 4.73. The van der Waals surface area contributed by atoms with Crippen molar-refractivity contribution in [1.29, 1.82) is 0 Å². The van der Waals surface area contributed by atoms with E-state index in [-0.39, 0.29) is 11.2 Å². The van der Waals surface area contributed by atoms with Crippen LogP contribution in [0, 0.1) is 6.92 Å². The summed E-state index contributed by atoms with van der Waals surface area (Å²) in [5, 5.41) is 3.43. The SMILES string of the molecule is CCOc1ccc(NC(=O)[C@H](C)Sc2cc(C)ncn2)cc1. The molecule has 116 valence electrons. The molecule has 1 N–H and O–H groups in total. The highest BCUT2D eigenvalue weighted by molar-refractivity contribution is 8.00. The van der Waals surface area contributed by atoms with Crippen molar-refractivity contribution < 1.29 is 9.53 Å². The van der Waals surface area contributed by atoms with Gasteiger partial charge < -0.3 is 10.1 Å². The molecule has 1 amide bonds. The Morgan fingerprint density at radius 2 is 2.05 bits per heavy atom. The molecule has 1 heterocycles. The van der Waals surface area contributed by atoms with E-state index < -0.39 is 0 Å². The molecule has 0 aliphatic heterocycles. The first kappa shape index (κ1) is 16.3. The largest absolute Gasteiger partial charge is 0.494 e. The van der Waals surface area contributed by atoms with Crippen molar-refractivity contribution in [3.63, 3.8) is 0 Å². The van der Waals surface area contributed by atoms with Gasteiger partial charge in [0.25, 0.3) is 0 Å². The van der Waals surface area contributed by atoms with Crippen LogP contribution in [0.3, 0.4) is 0 Å². The topological polar surface area (TPSA) is 64.1 Å². The van der Waals surface area contributed by atoms with Crippen LogP contribution in [0.1, 0.15) is 19.5 Å². The normalized spacial score (nSPS) is 11.8. The van der Waals surface area contributed by atoms with E-state index in [0.717, 1.165) is 22.2 Å². The number of nitrogens with zero attached hydrogens (tertiary/aromatic N) is 2. The van der Waals surface area contributed by atoms with Gasteiger partial charge in [-0.25, -0.2) is 9.97 Å². The summed E-state index contributed by atoms with van der Waals surface area (Å²) in [4.78, 5) is 20.4. The zero-order chi connectivity index (χ0) is 15.9. The number of hydrogen-bond donors (Lipinski definition) is 1. The molecule has 0 spiro atoms. The number of nitrogens with one attached hydrogen (secondary N) is 1. The van der Waals surface area contributed by atoms with Crippen molar-refractivity contribution in [3.8, 4) is 5.75 Å². The number of rotatable bonds is 6. The van der Waals surface area contributed by atoms with E-state index in [2.05, 4.69) is 15.3 Å². The molecular weight excluding hydrogens is 298 g/mol. The van der Waals surface area contributed by atoms with E-state index in [4.69, 9.17) is 4.74 Å². The first-order valence-electron chi connectivity index (χ1n) is 7.07. The zero-order valence-corrected chi connectivity index (χ0v) is 13.7. The lowest BCUT2D eigenvalue weighted by molar-refractivity contribution is -0.115. The first-order chi connectivity index (χ1) is 10.6. The Bertz CT molecular complexity index is 632. The van der Waals surface area contributed by atoms with Gasteiger partial charge in [0.05, 0.1) is 11.9 Å². The van der Waals surface area contributed by atoms with Gasteiger partial charge in [-0.2, -0.15) is 0 Å². The van der Waals surface area contributed by atoms with Gasteiger partial charge >= 0.3 is 0 Å². The zero-order valence-electron chi connectivity index (χ0n) is 12.9. The van der Waals surface area contributed by atoms with Crippen molar-refractivity contribution in [2.45, 2.75) is 31.0 Å². The third-order valence-corrected chi connectivity index (χ3v) is 3.91. The smallest absolute Gasteiger partial charge is 0.237 e. The molecule has 0 bridgehead atoms. The molecule has 1 aromatic carbocycles. The van der Waals surface area contributed by atoms with E-state index in [1.54, 1.807) is 0 Å². The summed E-state index contributed by atoms with van der Waals surface area (Å²) >= 11 is 1.41. The fraction of sp³-hybridized carbons (Fsp3) is 0.312. The van der Waals surface area contributed by atoms with Crippen LogP contribution in [0.2, 0.25) is 0 Å². The van der Waals surface area contributed by atoms with Crippen molar-refractivity contribution in [3.05, 3.63) is 42.4 Å². The first-order valence-corrected chi connectivity index (χ1v) is 7.95. The van der Waals surface area contributed by atoms with Gasteiger partial charge in [-0.3, -0.25) is 4.79 Å². The maximum absolute atomic E-state index is 12.2. The second kappa shape index (κ2) is 7.79. The molecule has 0 aliphatic rings. The van der Waals surface area contributed by atoms with Crippen LogP contribution in [-0.2, 0) is 4.79 Å². The van der Waals surface area contributed by atoms with Gasteiger partial charge in [-0.15, -0.1) is 0 Å².